The highest BCUT2D eigenvalue weighted by molar-refractivity contribution is 6.30. The molecule has 1 aromatic carbocycles. The van der Waals surface area contributed by atoms with Gasteiger partial charge in [-0.05, 0) is 51.3 Å². The van der Waals surface area contributed by atoms with E-state index in [1.165, 1.54) is 0 Å². The van der Waals surface area contributed by atoms with Crippen LogP contribution in [-0.2, 0) is 4.74 Å². The van der Waals surface area contributed by atoms with Gasteiger partial charge in [0.25, 0.3) is 0 Å². The van der Waals surface area contributed by atoms with Gasteiger partial charge in [-0.3, -0.25) is 4.98 Å². The average molecular weight is 403 g/mol. The maximum absolute atomic E-state index is 12.4. The van der Waals surface area contributed by atoms with Crippen LogP contribution in [0, 0.1) is 0 Å². The number of hydrogen-bond donors (Lipinski definition) is 1. The van der Waals surface area contributed by atoms with E-state index in [0.29, 0.717) is 31.0 Å². The molecule has 2 aromatic rings. The number of nitrogens with zero attached hydrogens (tertiary/aromatic N) is 2. The van der Waals surface area contributed by atoms with E-state index < -0.39 is 11.2 Å². The van der Waals surface area contributed by atoms with Crippen LogP contribution in [-0.4, -0.2) is 45.4 Å². The molecular formula is C22H27ClN2O3. The van der Waals surface area contributed by atoms with Crippen LogP contribution in [0.15, 0.2) is 48.7 Å². The average Bonchev–Trinajstić information content (AvgIpc) is 2.63. The second-order valence-corrected chi connectivity index (χ2v) is 8.75. The number of pyridine rings is 1. The third kappa shape index (κ3) is 4.83. The van der Waals surface area contributed by atoms with Gasteiger partial charge >= 0.3 is 6.09 Å². The monoisotopic (exact) mass is 402 g/mol. The zero-order valence-electron chi connectivity index (χ0n) is 16.6. The Bertz CT molecular complexity index is 795. The van der Waals surface area contributed by atoms with Gasteiger partial charge in [-0.25, -0.2) is 4.79 Å². The van der Waals surface area contributed by atoms with Gasteiger partial charge in [0, 0.05) is 19.3 Å². The lowest BCUT2D eigenvalue weighted by atomic mass is 9.74. The maximum Gasteiger partial charge on any atom is 0.410 e. The predicted molar refractivity (Wildman–Crippen MR) is 110 cm³/mol. The minimum absolute atomic E-state index is 0.299. The van der Waals surface area contributed by atoms with Crippen LogP contribution in [0.2, 0.25) is 5.02 Å². The second kappa shape index (κ2) is 8.10. The summed E-state index contributed by atoms with van der Waals surface area (Å²) in [5.41, 5.74) is 0.208. The quantitative estimate of drug-likeness (QED) is 0.813. The fourth-order valence-electron chi connectivity index (χ4n) is 3.65. The van der Waals surface area contributed by atoms with Crippen molar-refractivity contribution in [3.05, 3.63) is 64.9 Å². The van der Waals surface area contributed by atoms with Crippen molar-refractivity contribution in [2.75, 3.05) is 13.1 Å². The molecule has 1 N–H and O–H groups in total. The van der Waals surface area contributed by atoms with E-state index in [0.717, 1.165) is 11.3 Å². The number of ether oxygens (including phenoxy) is 1. The Morgan fingerprint density at radius 3 is 2.36 bits per heavy atom. The summed E-state index contributed by atoms with van der Waals surface area (Å²) in [7, 11) is 0. The molecule has 2 heterocycles. The fraction of sp³-hybridized carbons (Fsp3) is 0.455. The van der Waals surface area contributed by atoms with E-state index in [4.69, 9.17) is 16.3 Å². The molecule has 5 nitrogen and oxygen atoms in total. The molecule has 3 rings (SSSR count). The molecule has 1 fully saturated rings. The summed E-state index contributed by atoms with van der Waals surface area (Å²) in [6.07, 6.45) is 2.15. The third-order valence-electron chi connectivity index (χ3n) is 5.00. The number of likely N-dealkylation sites (tertiary alicyclic amines) is 1. The number of aliphatic hydroxyl groups is 1. The van der Waals surface area contributed by atoms with Crippen molar-refractivity contribution in [3.63, 3.8) is 0 Å². The Kier molecular flexibility index (Phi) is 5.96. The minimum atomic E-state index is -1.01. The highest BCUT2D eigenvalue weighted by Gasteiger charge is 2.43. The van der Waals surface area contributed by atoms with Crippen LogP contribution < -0.4 is 0 Å². The van der Waals surface area contributed by atoms with E-state index in [1.807, 2.05) is 57.2 Å². The first-order valence-electron chi connectivity index (χ1n) is 9.55. The molecule has 0 saturated carbocycles. The van der Waals surface area contributed by atoms with E-state index >= 15 is 0 Å². The molecule has 1 aromatic heterocycles. The van der Waals surface area contributed by atoms with Crippen molar-refractivity contribution in [2.24, 2.45) is 0 Å². The lowest BCUT2D eigenvalue weighted by molar-refractivity contribution is -0.0419. The van der Waals surface area contributed by atoms with Crippen LogP contribution in [0.4, 0.5) is 4.79 Å². The third-order valence-corrected chi connectivity index (χ3v) is 5.22. The minimum Gasteiger partial charge on any atom is -0.444 e. The molecule has 1 atom stereocenters. The summed E-state index contributed by atoms with van der Waals surface area (Å²) >= 11 is 6.01. The number of hydrogen-bond acceptors (Lipinski definition) is 4. The topological polar surface area (TPSA) is 62.7 Å². The number of rotatable bonds is 3. The van der Waals surface area contributed by atoms with Gasteiger partial charge in [-0.1, -0.05) is 41.9 Å². The van der Waals surface area contributed by atoms with Crippen LogP contribution in [0.5, 0.6) is 0 Å². The summed E-state index contributed by atoms with van der Waals surface area (Å²) in [5.74, 6) is -0.299. The van der Waals surface area contributed by atoms with Crippen molar-refractivity contribution in [3.8, 4) is 0 Å². The Labute approximate surface area is 171 Å². The maximum atomic E-state index is 12.4. The van der Waals surface area contributed by atoms with Crippen molar-refractivity contribution in [1.82, 2.24) is 9.88 Å². The molecule has 0 aliphatic carbocycles. The summed E-state index contributed by atoms with van der Waals surface area (Å²) in [5, 5.41) is 12.1. The Balaban J connectivity index is 1.83. The highest BCUT2D eigenvalue weighted by Crippen LogP contribution is 2.41. The molecule has 0 bridgehead atoms. The molecule has 0 unspecified atom stereocenters. The van der Waals surface area contributed by atoms with Gasteiger partial charge in [0.1, 0.15) is 5.60 Å². The number of amides is 1. The molecule has 6 heteroatoms. The highest BCUT2D eigenvalue weighted by atomic mass is 35.5. The van der Waals surface area contributed by atoms with Crippen molar-refractivity contribution >= 4 is 17.7 Å². The van der Waals surface area contributed by atoms with E-state index in [2.05, 4.69) is 4.98 Å². The Morgan fingerprint density at radius 2 is 1.82 bits per heavy atom. The fourth-order valence-corrected chi connectivity index (χ4v) is 3.76. The van der Waals surface area contributed by atoms with Gasteiger partial charge in [0.2, 0.25) is 0 Å². The van der Waals surface area contributed by atoms with Crippen LogP contribution in [0.25, 0.3) is 0 Å². The first kappa shape index (κ1) is 20.6. The van der Waals surface area contributed by atoms with Gasteiger partial charge in [-0.2, -0.15) is 0 Å². The normalized spacial score (nSPS) is 17.8. The number of carbonyl (C=O) groups is 1. The van der Waals surface area contributed by atoms with Crippen molar-refractivity contribution < 1.29 is 14.6 Å². The summed E-state index contributed by atoms with van der Waals surface area (Å²) in [6.45, 7) is 6.42. The van der Waals surface area contributed by atoms with E-state index in [1.54, 1.807) is 17.2 Å². The molecule has 1 amide bonds. The zero-order valence-corrected chi connectivity index (χ0v) is 17.3. The molecular weight excluding hydrogens is 376 g/mol. The van der Waals surface area contributed by atoms with E-state index in [9.17, 15) is 9.90 Å². The molecule has 1 aliphatic rings. The summed E-state index contributed by atoms with van der Waals surface area (Å²) < 4.78 is 5.47. The lowest BCUT2D eigenvalue weighted by Crippen LogP contribution is -2.51. The number of carbonyl (C=O) groups excluding carboxylic acids is 1. The SMILES string of the molecule is CC(C)(C)OC(=O)N1CCC(O)([C@@H](c2ccccc2)c2ccc(Cl)cn2)CC1. The van der Waals surface area contributed by atoms with Gasteiger partial charge in [0.15, 0.2) is 0 Å². The first-order valence-corrected chi connectivity index (χ1v) is 9.92. The predicted octanol–water partition coefficient (Wildman–Crippen LogP) is 4.63. The summed E-state index contributed by atoms with van der Waals surface area (Å²) in [6, 6.07) is 13.5. The smallest absolute Gasteiger partial charge is 0.410 e. The summed E-state index contributed by atoms with van der Waals surface area (Å²) in [4.78, 5) is 18.5. The van der Waals surface area contributed by atoms with Gasteiger partial charge in [-0.15, -0.1) is 0 Å². The van der Waals surface area contributed by atoms with Crippen molar-refractivity contribution in [2.45, 2.75) is 50.7 Å². The molecule has 1 aliphatic heterocycles. The number of piperidine rings is 1. The number of aromatic nitrogens is 1. The molecule has 0 radical (unpaired) electrons. The van der Waals surface area contributed by atoms with Crippen LogP contribution in [0.1, 0.15) is 50.8 Å². The largest absolute Gasteiger partial charge is 0.444 e. The number of halogens is 1. The molecule has 28 heavy (non-hydrogen) atoms. The molecule has 150 valence electrons. The number of benzene rings is 1. The Morgan fingerprint density at radius 1 is 1.18 bits per heavy atom. The Hall–Kier alpha value is -2.11. The lowest BCUT2D eigenvalue weighted by Gasteiger charge is -2.43. The van der Waals surface area contributed by atoms with Crippen molar-refractivity contribution in [1.29, 1.82) is 0 Å². The van der Waals surface area contributed by atoms with Gasteiger partial charge < -0.3 is 14.7 Å². The van der Waals surface area contributed by atoms with Gasteiger partial charge in [0.05, 0.1) is 22.2 Å². The standard InChI is InChI=1S/C22H27ClN2O3/c1-21(2,3)28-20(26)25-13-11-22(27,12-14-25)19(16-7-5-4-6-8-16)18-10-9-17(23)15-24-18/h4-10,15,19,27H,11-14H2,1-3H3/t19-/m0/s1. The second-order valence-electron chi connectivity index (χ2n) is 8.32. The van der Waals surface area contributed by atoms with Crippen LogP contribution >= 0.6 is 11.6 Å². The first-order chi connectivity index (χ1) is 13.2. The molecule has 1 saturated heterocycles. The zero-order chi connectivity index (χ0) is 20.4. The van der Waals surface area contributed by atoms with Crippen LogP contribution in [0.3, 0.4) is 0 Å². The van der Waals surface area contributed by atoms with E-state index in [-0.39, 0.29) is 12.0 Å². The molecule has 0 spiro atoms.